The third-order valence-electron chi connectivity index (χ3n) is 3.20. The summed E-state index contributed by atoms with van der Waals surface area (Å²) in [6.07, 6.45) is 1.21. The van der Waals surface area contributed by atoms with Crippen molar-refractivity contribution >= 4 is 15.9 Å². The summed E-state index contributed by atoms with van der Waals surface area (Å²) in [7, 11) is -3.51. The Morgan fingerprint density at radius 1 is 1.33 bits per heavy atom. The van der Waals surface area contributed by atoms with Crippen molar-refractivity contribution in [2.45, 2.75) is 19.8 Å². The summed E-state index contributed by atoms with van der Waals surface area (Å²) in [4.78, 5) is 11.6. The van der Waals surface area contributed by atoms with Gasteiger partial charge in [0.05, 0.1) is 5.75 Å². The van der Waals surface area contributed by atoms with Crippen molar-refractivity contribution in [1.29, 1.82) is 0 Å². The Balaban J connectivity index is 1.86. The summed E-state index contributed by atoms with van der Waals surface area (Å²) in [5.41, 5.74) is 0.954. The highest BCUT2D eigenvalue weighted by molar-refractivity contribution is 7.90. The van der Waals surface area contributed by atoms with Crippen molar-refractivity contribution in [3.63, 3.8) is 0 Å². The van der Waals surface area contributed by atoms with Gasteiger partial charge in [-0.3, -0.25) is 9.52 Å². The zero-order valence-corrected chi connectivity index (χ0v) is 11.1. The number of amides is 1. The molecule has 0 spiro atoms. The molecule has 1 aromatic carbocycles. The standard InChI is InChI=1S/C13H17NO3S/c1-10-9-12(10)13(15)14-18(16,17)8-7-11-5-3-2-4-6-11/h2-6,10,12H,7-9H2,1H3,(H,14,15)/t10-,12-/m0/s1. The molecular formula is C13H17NO3S. The monoisotopic (exact) mass is 267 g/mol. The molecule has 0 heterocycles. The lowest BCUT2D eigenvalue weighted by Gasteiger charge is -2.06. The second kappa shape index (κ2) is 5.10. The molecule has 2 rings (SSSR count). The lowest BCUT2D eigenvalue weighted by molar-refractivity contribution is -0.120. The molecule has 0 aliphatic heterocycles. The minimum absolute atomic E-state index is 0.0517. The Labute approximate surface area is 107 Å². The smallest absolute Gasteiger partial charge is 0.236 e. The van der Waals surface area contributed by atoms with Crippen LogP contribution >= 0.6 is 0 Å². The van der Waals surface area contributed by atoms with Crippen LogP contribution in [0.2, 0.25) is 0 Å². The maximum Gasteiger partial charge on any atom is 0.236 e. The Morgan fingerprint density at radius 2 is 1.94 bits per heavy atom. The van der Waals surface area contributed by atoms with E-state index in [9.17, 15) is 13.2 Å². The largest absolute Gasteiger partial charge is 0.274 e. The first-order valence-corrected chi connectivity index (χ1v) is 7.71. The van der Waals surface area contributed by atoms with Crippen LogP contribution in [-0.2, 0) is 21.2 Å². The minimum Gasteiger partial charge on any atom is -0.274 e. The summed E-state index contributed by atoms with van der Waals surface area (Å²) >= 11 is 0. The lowest BCUT2D eigenvalue weighted by Crippen LogP contribution is -2.34. The van der Waals surface area contributed by atoms with E-state index in [2.05, 4.69) is 4.72 Å². The lowest BCUT2D eigenvalue weighted by atomic mass is 10.2. The van der Waals surface area contributed by atoms with Crippen molar-refractivity contribution in [3.05, 3.63) is 35.9 Å². The average Bonchev–Trinajstić information content (AvgIpc) is 3.05. The third-order valence-corrected chi connectivity index (χ3v) is 4.46. The molecule has 98 valence electrons. The second-order valence-corrected chi connectivity index (χ2v) is 6.68. The van der Waals surface area contributed by atoms with Crippen LogP contribution in [0.1, 0.15) is 18.9 Å². The molecule has 1 aliphatic rings. The van der Waals surface area contributed by atoms with Crippen LogP contribution in [0.5, 0.6) is 0 Å². The first kappa shape index (κ1) is 13.1. The highest BCUT2D eigenvalue weighted by Crippen LogP contribution is 2.37. The molecule has 4 nitrogen and oxygen atoms in total. The van der Waals surface area contributed by atoms with Crippen LogP contribution in [0.15, 0.2) is 30.3 Å². The van der Waals surface area contributed by atoms with E-state index in [0.717, 1.165) is 12.0 Å². The first-order valence-electron chi connectivity index (χ1n) is 6.06. The number of rotatable bonds is 5. The predicted molar refractivity (Wildman–Crippen MR) is 69.3 cm³/mol. The number of nitrogens with one attached hydrogen (secondary N) is 1. The van der Waals surface area contributed by atoms with Gasteiger partial charge in [-0.05, 0) is 24.3 Å². The third kappa shape index (κ3) is 3.57. The molecule has 1 aliphatic carbocycles. The van der Waals surface area contributed by atoms with Crippen LogP contribution in [-0.4, -0.2) is 20.1 Å². The summed E-state index contributed by atoms with van der Waals surface area (Å²) in [6, 6.07) is 9.37. The summed E-state index contributed by atoms with van der Waals surface area (Å²) in [5.74, 6) is -0.203. The number of sulfonamides is 1. The average molecular weight is 267 g/mol. The maximum absolute atomic E-state index is 11.7. The molecule has 1 fully saturated rings. The van der Waals surface area contributed by atoms with Gasteiger partial charge in [0.15, 0.2) is 0 Å². The second-order valence-electron chi connectivity index (χ2n) is 4.84. The van der Waals surface area contributed by atoms with Crippen molar-refractivity contribution in [2.24, 2.45) is 11.8 Å². The minimum atomic E-state index is -3.51. The predicted octanol–water partition coefficient (Wildman–Crippen LogP) is 1.33. The number of hydrogen-bond acceptors (Lipinski definition) is 3. The molecule has 1 amide bonds. The Bertz CT molecular complexity index is 524. The fraction of sp³-hybridized carbons (Fsp3) is 0.462. The maximum atomic E-state index is 11.7. The molecular weight excluding hydrogens is 250 g/mol. The summed E-state index contributed by atoms with van der Waals surface area (Å²) in [6.45, 7) is 1.95. The van der Waals surface area contributed by atoms with E-state index >= 15 is 0 Å². The fourth-order valence-electron chi connectivity index (χ4n) is 1.86. The fourth-order valence-corrected chi connectivity index (χ4v) is 2.93. The topological polar surface area (TPSA) is 63.2 Å². The van der Waals surface area contributed by atoms with Crippen molar-refractivity contribution in [3.8, 4) is 0 Å². The molecule has 0 bridgehead atoms. The van der Waals surface area contributed by atoms with Gasteiger partial charge in [0.2, 0.25) is 15.9 Å². The van der Waals surface area contributed by atoms with Gasteiger partial charge in [-0.2, -0.15) is 0 Å². The van der Waals surface area contributed by atoms with Gasteiger partial charge >= 0.3 is 0 Å². The summed E-state index contributed by atoms with van der Waals surface area (Å²) < 4.78 is 25.6. The highest BCUT2D eigenvalue weighted by Gasteiger charge is 2.40. The molecule has 0 radical (unpaired) electrons. The van der Waals surface area contributed by atoms with E-state index in [4.69, 9.17) is 0 Å². The highest BCUT2D eigenvalue weighted by atomic mass is 32.2. The number of aryl methyl sites for hydroxylation is 1. The molecule has 0 aromatic heterocycles. The molecule has 18 heavy (non-hydrogen) atoms. The number of hydrogen-bond donors (Lipinski definition) is 1. The zero-order valence-electron chi connectivity index (χ0n) is 10.3. The molecule has 5 heteroatoms. The van der Waals surface area contributed by atoms with Crippen LogP contribution in [0.3, 0.4) is 0 Å². The van der Waals surface area contributed by atoms with E-state index in [1.165, 1.54) is 0 Å². The molecule has 1 saturated carbocycles. The summed E-state index contributed by atoms with van der Waals surface area (Å²) in [5, 5.41) is 0. The van der Waals surface area contributed by atoms with E-state index < -0.39 is 10.0 Å². The number of carbonyl (C=O) groups is 1. The van der Waals surface area contributed by atoms with Gasteiger partial charge in [-0.15, -0.1) is 0 Å². The Kier molecular flexibility index (Phi) is 3.71. The van der Waals surface area contributed by atoms with E-state index in [0.29, 0.717) is 12.3 Å². The SMILES string of the molecule is C[C@H]1C[C@@H]1C(=O)NS(=O)(=O)CCc1ccccc1. The van der Waals surface area contributed by atoms with E-state index in [-0.39, 0.29) is 17.6 Å². The van der Waals surface area contributed by atoms with Gasteiger partial charge in [-0.25, -0.2) is 8.42 Å². The van der Waals surface area contributed by atoms with Crippen LogP contribution < -0.4 is 4.72 Å². The van der Waals surface area contributed by atoms with Gasteiger partial charge in [0.25, 0.3) is 0 Å². The van der Waals surface area contributed by atoms with Crippen molar-refractivity contribution < 1.29 is 13.2 Å². The Morgan fingerprint density at radius 3 is 2.50 bits per heavy atom. The van der Waals surface area contributed by atoms with Crippen LogP contribution in [0, 0.1) is 11.8 Å². The first-order chi connectivity index (χ1) is 8.48. The number of benzene rings is 1. The molecule has 1 N–H and O–H groups in total. The van der Waals surface area contributed by atoms with Gasteiger partial charge < -0.3 is 0 Å². The normalized spacial score (nSPS) is 22.5. The molecule has 0 unspecified atom stereocenters. The van der Waals surface area contributed by atoms with Crippen molar-refractivity contribution in [2.75, 3.05) is 5.75 Å². The van der Waals surface area contributed by atoms with E-state index in [1.807, 2.05) is 37.3 Å². The molecule has 2 atom stereocenters. The van der Waals surface area contributed by atoms with Gasteiger partial charge in [0.1, 0.15) is 0 Å². The quantitative estimate of drug-likeness (QED) is 0.875. The Hall–Kier alpha value is -1.36. The zero-order chi connectivity index (χ0) is 13.2. The number of carbonyl (C=O) groups excluding carboxylic acids is 1. The van der Waals surface area contributed by atoms with Crippen LogP contribution in [0.4, 0.5) is 0 Å². The van der Waals surface area contributed by atoms with Crippen LogP contribution in [0.25, 0.3) is 0 Å². The van der Waals surface area contributed by atoms with E-state index in [1.54, 1.807) is 0 Å². The van der Waals surface area contributed by atoms with Gasteiger partial charge in [0, 0.05) is 5.92 Å². The molecule has 1 aromatic rings. The van der Waals surface area contributed by atoms with Crippen molar-refractivity contribution in [1.82, 2.24) is 4.72 Å². The van der Waals surface area contributed by atoms with Gasteiger partial charge in [-0.1, -0.05) is 37.3 Å². The molecule has 0 saturated heterocycles.